The van der Waals surface area contributed by atoms with Gasteiger partial charge in [0.1, 0.15) is 0 Å². The molecule has 0 heterocycles. The average molecular weight is 244 g/mol. The van der Waals surface area contributed by atoms with Gasteiger partial charge in [-0.3, -0.25) is 0 Å². The minimum absolute atomic E-state index is 0.421. The lowest BCUT2D eigenvalue weighted by molar-refractivity contribution is 0.635. The molecule has 1 unspecified atom stereocenters. The number of hydrogen-bond acceptors (Lipinski definition) is 1. The lowest BCUT2D eigenvalue weighted by Crippen LogP contribution is -2.14. The molecule has 13 heavy (non-hydrogen) atoms. The van der Waals surface area contributed by atoms with Crippen LogP contribution in [0.15, 0.2) is 34.9 Å². The zero-order valence-electron chi connectivity index (χ0n) is 8.39. The first-order chi connectivity index (χ1) is 6.15. The van der Waals surface area contributed by atoms with Gasteiger partial charge in [-0.25, -0.2) is 0 Å². The quantitative estimate of drug-likeness (QED) is 0.582. The van der Waals surface area contributed by atoms with E-state index in [0.29, 0.717) is 12.5 Å². The molecule has 74 valence electrons. The topological polar surface area (TPSA) is 26.0 Å². The van der Waals surface area contributed by atoms with E-state index in [9.17, 15) is 0 Å². The molecule has 0 bridgehead atoms. The molecule has 2 heteroatoms. The van der Waals surface area contributed by atoms with Crippen molar-refractivity contribution >= 4 is 15.9 Å². The van der Waals surface area contributed by atoms with E-state index in [0.717, 1.165) is 10.9 Å². The maximum Gasteiger partial charge on any atom is 0.0132 e. The molecule has 0 fully saturated rings. The normalized spacial score (nSPS) is 15.7. The molecule has 0 aliphatic heterocycles. The smallest absolute Gasteiger partial charge is 0.0132 e. The highest BCUT2D eigenvalue weighted by Gasteiger charge is 2.06. The molecule has 0 aromatic rings. The number of halogens is 1. The summed E-state index contributed by atoms with van der Waals surface area (Å²) in [6.07, 6.45) is 6.99. The third kappa shape index (κ3) is 5.06. The van der Waals surface area contributed by atoms with Crippen molar-refractivity contribution in [3.05, 3.63) is 34.9 Å². The van der Waals surface area contributed by atoms with E-state index in [-0.39, 0.29) is 0 Å². The molecule has 0 spiro atoms. The van der Waals surface area contributed by atoms with Crippen LogP contribution in [0.3, 0.4) is 0 Å². The lowest BCUT2D eigenvalue weighted by atomic mass is 9.96. The fraction of sp³-hybridized carbons (Fsp3) is 0.455. The summed E-state index contributed by atoms with van der Waals surface area (Å²) in [5, 5.41) is 0. The van der Waals surface area contributed by atoms with Gasteiger partial charge in [0.05, 0.1) is 0 Å². The average Bonchev–Trinajstić information content (AvgIpc) is 2.13. The minimum atomic E-state index is 0.421. The maximum atomic E-state index is 5.65. The Balaban J connectivity index is 4.43. The zero-order chi connectivity index (χ0) is 10.3. The van der Waals surface area contributed by atoms with E-state index in [2.05, 4.69) is 35.5 Å². The molecular formula is C11H18BrN. The molecule has 0 aromatic carbocycles. The molecule has 0 saturated carbocycles. The van der Waals surface area contributed by atoms with Gasteiger partial charge in [-0.2, -0.15) is 0 Å². The Morgan fingerprint density at radius 3 is 2.62 bits per heavy atom. The van der Waals surface area contributed by atoms with Crippen molar-refractivity contribution < 1.29 is 0 Å². The van der Waals surface area contributed by atoms with E-state index >= 15 is 0 Å². The van der Waals surface area contributed by atoms with Crippen molar-refractivity contribution in [3.8, 4) is 0 Å². The fourth-order valence-corrected chi connectivity index (χ4v) is 1.45. The standard InChI is InChI=1S/C11H18BrN/c1-4-6-10(8-13)9(3)7-11(12)5-2/h4-5,7,10H,1,6,8,13H2,2-3H3/b9-7+,11-5+. The monoisotopic (exact) mass is 243 g/mol. The molecule has 0 aliphatic carbocycles. The van der Waals surface area contributed by atoms with Crippen LogP contribution in [-0.4, -0.2) is 6.54 Å². The molecule has 0 aliphatic rings. The highest BCUT2D eigenvalue weighted by Crippen LogP contribution is 2.18. The summed E-state index contributed by atoms with van der Waals surface area (Å²) in [6.45, 7) is 8.50. The Morgan fingerprint density at radius 2 is 2.23 bits per heavy atom. The number of nitrogens with two attached hydrogens (primary N) is 1. The molecule has 1 nitrogen and oxygen atoms in total. The van der Waals surface area contributed by atoms with Gasteiger partial charge < -0.3 is 5.73 Å². The second-order valence-corrected chi connectivity index (χ2v) is 3.93. The van der Waals surface area contributed by atoms with Gasteiger partial charge in [-0.1, -0.05) is 33.7 Å². The van der Waals surface area contributed by atoms with Crippen LogP contribution < -0.4 is 5.73 Å². The molecule has 1 atom stereocenters. The second kappa shape index (κ2) is 7.10. The fourth-order valence-electron chi connectivity index (χ4n) is 1.09. The summed E-state index contributed by atoms with van der Waals surface area (Å²) < 4.78 is 1.10. The van der Waals surface area contributed by atoms with Gasteiger partial charge in [0.15, 0.2) is 0 Å². The first kappa shape index (κ1) is 12.7. The summed E-state index contributed by atoms with van der Waals surface area (Å²) in [5.41, 5.74) is 6.95. The van der Waals surface area contributed by atoms with Gasteiger partial charge in [-0.05, 0) is 38.8 Å². The van der Waals surface area contributed by atoms with Crippen LogP contribution in [0.25, 0.3) is 0 Å². The highest BCUT2D eigenvalue weighted by molar-refractivity contribution is 9.11. The molecule has 0 aromatic heterocycles. The summed E-state index contributed by atoms with van der Waals surface area (Å²) in [4.78, 5) is 0. The predicted molar refractivity (Wildman–Crippen MR) is 63.8 cm³/mol. The second-order valence-electron chi connectivity index (χ2n) is 3.02. The van der Waals surface area contributed by atoms with Crippen LogP contribution in [0.1, 0.15) is 20.3 Å². The third-order valence-corrected chi connectivity index (χ3v) is 2.71. The van der Waals surface area contributed by atoms with Crippen molar-refractivity contribution in [3.63, 3.8) is 0 Å². The van der Waals surface area contributed by atoms with E-state index in [1.807, 2.05) is 19.1 Å². The van der Waals surface area contributed by atoms with E-state index in [4.69, 9.17) is 5.73 Å². The van der Waals surface area contributed by atoms with E-state index in [1.54, 1.807) is 0 Å². The van der Waals surface area contributed by atoms with Gasteiger partial charge in [-0.15, -0.1) is 6.58 Å². The van der Waals surface area contributed by atoms with Crippen LogP contribution in [0.2, 0.25) is 0 Å². The van der Waals surface area contributed by atoms with Gasteiger partial charge >= 0.3 is 0 Å². The van der Waals surface area contributed by atoms with Gasteiger partial charge in [0, 0.05) is 4.48 Å². The molecule has 0 rings (SSSR count). The SMILES string of the molecule is C=CCC(CN)/C(C)=C/C(Br)=C\C. The molecule has 0 radical (unpaired) electrons. The molecule has 0 saturated heterocycles. The Morgan fingerprint density at radius 1 is 1.62 bits per heavy atom. The maximum absolute atomic E-state index is 5.65. The lowest BCUT2D eigenvalue weighted by Gasteiger charge is -2.12. The van der Waals surface area contributed by atoms with Crippen molar-refractivity contribution in [2.45, 2.75) is 20.3 Å². The van der Waals surface area contributed by atoms with Crippen LogP contribution >= 0.6 is 15.9 Å². The number of hydrogen-bond donors (Lipinski definition) is 1. The number of allylic oxidation sites excluding steroid dienone is 4. The largest absolute Gasteiger partial charge is 0.330 e. The molecule has 2 N–H and O–H groups in total. The summed E-state index contributed by atoms with van der Waals surface area (Å²) in [6, 6.07) is 0. The van der Waals surface area contributed by atoms with Crippen LogP contribution in [0, 0.1) is 5.92 Å². The van der Waals surface area contributed by atoms with E-state index in [1.165, 1.54) is 5.57 Å². The zero-order valence-corrected chi connectivity index (χ0v) is 9.97. The molecule has 0 amide bonds. The minimum Gasteiger partial charge on any atom is -0.330 e. The van der Waals surface area contributed by atoms with Crippen molar-refractivity contribution in [1.29, 1.82) is 0 Å². The van der Waals surface area contributed by atoms with Gasteiger partial charge in [0.2, 0.25) is 0 Å². The summed E-state index contributed by atoms with van der Waals surface area (Å²) in [5.74, 6) is 0.421. The van der Waals surface area contributed by atoms with Crippen LogP contribution in [0.5, 0.6) is 0 Å². The van der Waals surface area contributed by atoms with Gasteiger partial charge in [0.25, 0.3) is 0 Å². The predicted octanol–water partition coefficient (Wildman–Crippen LogP) is 3.38. The Kier molecular flexibility index (Phi) is 6.92. The summed E-state index contributed by atoms with van der Waals surface area (Å²) >= 11 is 3.44. The summed E-state index contributed by atoms with van der Waals surface area (Å²) in [7, 11) is 0. The molecular weight excluding hydrogens is 226 g/mol. The first-order valence-corrected chi connectivity index (χ1v) is 5.26. The Bertz CT molecular complexity index is 216. The Hall–Kier alpha value is -0.340. The third-order valence-electron chi connectivity index (χ3n) is 2.02. The van der Waals surface area contributed by atoms with Crippen LogP contribution in [-0.2, 0) is 0 Å². The van der Waals surface area contributed by atoms with Crippen molar-refractivity contribution in [2.24, 2.45) is 11.7 Å². The highest BCUT2D eigenvalue weighted by atomic mass is 79.9. The van der Waals surface area contributed by atoms with Crippen molar-refractivity contribution in [2.75, 3.05) is 6.54 Å². The van der Waals surface area contributed by atoms with Crippen LogP contribution in [0.4, 0.5) is 0 Å². The first-order valence-electron chi connectivity index (χ1n) is 4.46. The van der Waals surface area contributed by atoms with E-state index < -0.39 is 0 Å². The van der Waals surface area contributed by atoms with Crippen molar-refractivity contribution in [1.82, 2.24) is 0 Å². The Labute approximate surface area is 89.5 Å². The number of rotatable bonds is 5.